The van der Waals surface area contributed by atoms with Gasteiger partial charge in [0.2, 0.25) is 5.91 Å². The lowest BCUT2D eigenvalue weighted by atomic mass is 9.97. The third kappa shape index (κ3) is 3.57. The number of amides is 1. The molecule has 1 aliphatic carbocycles. The van der Waals surface area contributed by atoms with Gasteiger partial charge in [0, 0.05) is 17.6 Å². The SMILES string of the molecule is CC(C)C(N)Cc1ccc(NC(=O)C2CC2)cc1. The molecule has 0 aromatic heterocycles. The Morgan fingerprint density at radius 1 is 1.33 bits per heavy atom. The minimum absolute atomic E-state index is 0.154. The highest BCUT2D eigenvalue weighted by Crippen LogP contribution is 2.30. The van der Waals surface area contributed by atoms with Crippen molar-refractivity contribution in [3.63, 3.8) is 0 Å². The van der Waals surface area contributed by atoms with Crippen molar-refractivity contribution in [2.75, 3.05) is 5.32 Å². The summed E-state index contributed by atoms with van der Waals surface area (Å²) in [5, 5.41) is 2.94. The Balaban J connectivity index is 1.90. The number of carbonyl (C=O) groups excluding carboxylic acids is 1. The van der Waals surface area contributed by atoms with Gasteiger partial charge >= 0.3 is 0 Å². The van der Waals surface area contributed by atoms with Crippen LogP contribution < -0.4 is 11.1 Å². The molecule has 1 aromatic rings. The average molecular weight is 246 g/mol. The van der Waals surface area contributed by atoms with E-state index in [-0.39, 0.29) is 17.9 Å². The molecule has 0 radical (unpaired) electrons. The van der Waals surface area contributed by atoms with Crippen molar-refractivity contribution >= 4 is 11.6 Å². The molecular weight excluding hydrogens is 224 g/mol. The second-order valence-electron chi connectivity index (χ2n) is 5.57. The summed E-state index contributed by atoms with van der Waals surface area (Å²) in [4.78, 5) is 11.6. The number of carbonyl (C=O) groups is 1. The topological polar surface area (TPSA) is 55.1 Å². The Morgan fingerprint density at radius 3 is 2.44 bits per heavy atom. The summed E-state index contributed by atoms with van der Waals surface area (Å²) in [5.41, 5.74) is 8.15. The molecule has 0 saturated heterocycles. The van der Waals surface area contributed by atoms with Crippen LogP contribution in [0.15, 0.2) is 24.3 Å². The highest BCUT2D eigenvalue weighted by molar-refractivity contribution is 5.93. The summed E-state index contributed by atoms with van der Waals surface area (Å²) < 4.78 is 0. The van der Waals surface area contributed by atoms with Crippen molar-refractivity contribution in [1.29, 1.82) is 0 Å². The third-order valence-electron chi connectivity index (χ3n) is 3.50. The normalized spacial score (nSPS) is 16.7. The molecule has 0 bridgehead atoms. The molecule has 1 atom stereocenters. The summed E-state index contributed by atoms with van der Waals surface area (Å²) in [6, 6.07) is 8.21. The monoisotopic (exact) mass is 246 g/mol. The summed E-state index contributed by atoms with van der Waals surface area (Å²) >= 11 is 0. The molecule has 3 heteroatoms. The van der Waals surface area contributed by atoms with Crippen molar-refractivity contribution in [3.05, 3.63) is 29.8 Å². The van der Waals surface area contributed by atoms with E-state index in [1.807, 2.05) is 24.3 Å². The molecule has 1 fully saturated rings. The maximum absolute atomic E-state index is 11.6. The van der Waals surface area contributed by atoms with Gasteiger partial charge in [-0.3, -0.25) is 4.79 Å². The van der Waals surface area contributed by atoms with Crippen LogP contribution in [0.3, 0.4) is 0 Å². The van der Waals surface area contributed by atoms with E-state index in [4.69, 9.17) is 5.73 Å². The van der Waals surface area contributed by atoms with Crippen molar-refractivity contribution in [3.8, 4) is 0 Å². The molecule has 2 rings (SSSR count). The molecule has 0 heterocycles. The lowest BCUT2D eigenvalue weighted by Gasteiger charge is -2.15. The van der Waals surface area contributed by atoms with Crippen molar-refractivity contribution in [2.45, 2.75) is 39.2 Å². The third-order valence-corrected chi connectivity index (χ3v) is 3.50. The first-order chi connectivity index (χ1) is 8.56. The summed E-state index contributed by atoms with van der Waals surface area (Å²) in [7, 11) is 0. The molecular formula is C15H22N2O. The van der Waals surface area contributed by atoms with E-state index in [0.717, 1.165) is 24.9 Å². The standard InChI is InChI=1S/C15H22N2O/c1-10(2)14(16)9-11-3-7-13(8-4-11)17-15(18)12-5-6-12/h3-4,7-8,10,12,14H,5-6,9,16H2,1-2H3,(H,17,18). The predicted octanol–water partition coefficient (Wildman–Crippen LogP) is 2.56. The second-order valence-corrected chi connectivity index (χ2v) is 5.57. The van der Waals surface area contributed by atoms with Gasteiger partial charge in [0.05, 0.1) is 0 Å². The van der Waals surface area contributed by atoms with Crippen molar-refractivity contribution < 1.29 is 4.79 Å². The maximum Gasteiger partial charge on any atom is 0.227 e. The zero-order valence-corrected chi connectivity index (χ0v) is 11.1. The van der Waals surface area contributed by atoms with Crippen LogP contribution in [0, 0.1) is 11.8 Å². The molecule has 1 aromatic carbocycles. The minimum atomic E-state index is 0.154. The minimum Gasteiger partial charge on any atom is -0.327 e. The fourth-order valence-electron chi connectivity index (χ4n) is 1.82. The molecule has 1 amide bonds. The van der Waals surface area contributed by atoms with Crippen LogP contribution in [0.5, 0.6) is 0 Å². The maximum atomic E-state index is 11.6. The molecule has 18 heavy (non-hydrogen) atoms. The number of hydrogen-bond donors (Lipinski definition) is 2. The second kappa shape index (κ2) is 5.53. The number of hydrogen-bond acceptors (Lipinski definition) is 2. The van der Waals surface area contributed by atoms with Crippen LogP contribution in [-0.2, 0) is 11.2 Å². The first-order valence-electron chi connectivity index (χ1n) is 6.71. The van der Waals surface area contributed by atoms with Crippen LogP contribution in [0.4, 0.5) is 5.69 Å². The zero-order valence-electron chi connectivity index (χ0n) is 11.1. The number of nitrogens with two attached hydrogens (primary N) is 1. The largest absolute Gasteiger partial charge is 0.327 e. The molecule has 0 aliphatic heterocycles. The van der Waals surface area contributed by atoms with E-state index in [0.29, 0.717) is 5.92 Å². The van der Waals surface area contributed by atoms with E-state index in [9.17, 15) is 4.79 Å². The van der Waals surface area contributed by atoms with Gasteiger partial charge in [-0.25, -0.2) is 0 Å². The molecule has 1 aliphatic rings. The van der Waals surface area contributed by atoms with Crippen LogP contribution in [0.1, 0.15) is 32.3 Å². The number of benzene rings is 1. The van der Waals surface area contributed by atoms with Gasteiger partial charge < -0.3 is 11.1 Å². The van der Waals surface area contributed by atoms with Gasteiger partial charge in [0.15, 0.2) is 0 Å². The molecule has 3 nitrogen and oxygen atoms in total. The van der Waals surface area contributed by atoms with Gasteiger partial charge in [0.1, 0.15) is 0 Å². The van der Waals surface area contributed by atoms with Crippen LogP contribution in [0.2, 0.25) is 0 Å². The lowest BCUT2D eigenvalue weighted by molar-refractivity contribution is -0.117. The summed E-state index contributed by atoms with van der Waals surface area (Å²) in [6.45, 7) is 4.27. The van der Waals surface area contributed by atoms with Crippen molar-refractivity contribution in [1.82, 2.24) is 0 Å². The zero-order chi connectivity index (χ0) is 13.1. The number of nitrogens with one attached hydrogen (secondary N) is 1. The van der Waals surface area contributed by atoms with E-state index in [2.05, 4.69) is 19.2 Å². The van der Waals surface area contributed by atoms with E-state index in [1.54, 1.807) is 0 Å². The fraction of sp³-hybridized carbons (Fsp3) is 0.533. The Bertz CT molecular complexity index is 407. The molecule has 3 N–H and O–H groups in total. The van der Waals surface area contributed by atoms with E-state index >= 15 is 0 Å². The Kier molecular flexibility index (Phi) is 4.02. The van der Waals surface area contributed by atoms with Crippen LogP contribution >= 0.6 is 0 Å². The Hall–Kier alpha value is -1.35. The van der Waals surface area contributed by atoms with E-state index < -0.39 is 0 Å². The first kappa shape index (κ1) is 13.1. The highest BCUT2D eigenvalue weighted by Gasteiger charge is 2.29. The highest BCUT2D eigenvalue weighted by atomic mass is 16.2. The average Bonchev–Trinajstić information content (AvgIpc) is 3.15. The number of anilines is 1. The van der Waals surface area contributed by atoms with E-state index in [1.165, 1.54) is 5.56 Å². The molecule has 1 unspecified atom stereocenters. The Morgan fingerprint density at radius 2 is 1.94 bits per heavy atom. The quantitative estimate of drug-likeness (QED) is 0.839. The van der Waals surface area contributed by atoms with Gasteiger partial charge in [-0.1, -0.05) is 26.0 Å². The Labute approximate surface area is 109 Å². The molecule has 98 valence electrons. The molecule has 1 saturated carbocycles. The van der Waals surface area contributed by atoms with Crippen molar-refractivity contribution in [2.24, 2.45) is 17.6 Å². The van der Waals surface area contributed by atoms with Gasteiger partial charge in [-0.15, -0.1) is 0 Å². The van der Waals surface area contributed by atoms with Crippen LogP contribution in [0.25, 0.3) is 0 Å². The predicted molar refractivity (Wildman–Crippen MR) is 74.3 cm³/mol. The van der Waals surface area contributed by atoms with Gasteiger partial charge in [-0.2, -0.15) is 0 Å². The van der Waals surface area contributed by atoms with Crippen LogP contribution in [-0.4, -0.2) is 11.9 Å². The van der Waals surface area contributed by atoms with Gasteiger partial charge in [-0.05, 0) is 42.9 Å². The van der Waals surface area contributed by atoms with Gasteiger partial charge in [0.25, 0.3) is 0 Å². The first-order valence-corrected chi connectivity index (χ1v) is 6.71. The number of rotatable bonds is 5. The fourth-order valence-corrected chi connectivity index (χ4v) is 1.82. The smallest absolute Gasteiger partial charge is 0.227 e. The summed E-state index contributed by atoms with van der Waals surface area (Å²) in [5.74, 6) is 0.889. The summed E-state index contributed by atoms with van der Waals surface area (Å²) in [6.07, 6.45) is 2.95. The lowest BCUT2D eigenvalue weighted by Crippen LogP contribution is -2.28. The molecule has 0 spiro atoms.